The average molecular weight is 743 g/mol. The molecule has 0 aromatic heterocycles. The van der Waals surface area contributed by atoms with E-state index in [0.29, 0.717) is 50.4 Å². The van der Waals surface area contributed by atoms with Gasteiger partial charge in [0, 0.05) is 40.0 Å². The summed E-state index contributed by atoms with van der Waals surface area (Å²) in [5.74, 6) is -9.63. The van der Waals surface area contributed by atoms with Crippen molar-refractivity contribution in [3.63, 3.8) is 0 Å². The van der Waals surface area contributed by atoms with Gasteiger partial charge in [0.2, 0.25) is 0 Å². The molecule has 4 aliphatic rings. The third-order valence-corrected chi connectivity index (χ3v) is 9.56. The second-order valence-corrected chi connectivity index (χ2v) is 13.4. The van der Waals surface area contributed by atoms with E-state index in [1.165, 1.54) is 14.1 Å². The van der Waals surface area contributed by atoms with Crippen molar-refractivity contribution in [2.24, 2.45) is 0 Å². The number of hydrogen-bond donors (Lipinski definition) is 0. The minimum Gasteiger partial charge on any atom is -0.449 e. The molecule has 52 heavy (non-hydrogen) atoms. The van der Waals surface area contributed by atoms with E-state index in [4.69, 9.17) is 18.9 Å². The standard InChI is InChI=1S/C34H36F6N4O8/c1-41-19-31(9-15-43-11-3-12-43,49-25-7-5-21(33(35,36)37)17-23(25)27(41)45)51-29(47)30(48)52-32(10-16-44-13-4-14-44)20-42(2)28(46)24-18-22(34(38,39)40)6-8-26(24)50-32/h5-8,17-18H,3-4,9-16,19-20H2,1-2H3. The Hall–Kier alpha value is -4.58. The number of alkyl halides is 6. The molecule has 12 nitrogen and oxygen atoms in total. The Balaban J connectivity index is 1.30. The number of nitrogens with zero attached hydrogens (tertiary/aromatic N) is 4. The number of fused-ring (bicyclic) bond motifs is 2. The van der Waals surface area contributed by atoms with E-state index in [1.54, 1.807) is 0 Å². The maximum absolute atomic E-state index is 13.7. The lowest BCUT2D eigenvalue weighted by Gasteiger charge is -2.39. The van der Waals surface area contributed by atoms with E-state index in [1.807, 2.05) is 9.80 Å². The molecule has 0 radical (unpaired) electrons. The van der Waals surface area contributed by atoms with Gasteiger partial charge in [-0.1, -0.05) is 0 Å². The maximum Gasteiger partial charge on any atom is 0.420 e. The van der Waals surface area contributed by atoms with Crippen molar-refractivity contribution in [3.05, 3.63) is 58.7 Å². The fourth-order valence-electron chi connectivity index (χ4n) is 6.43. The highest BCUT2D eigenvalue weighted by Crippen LogP contribution is 2.39. The number of amides is 2. The summed E-state index contributed by atoms with van der Waals surface area (Å²) in [4.78, 5) is 59.9. The predicted octanol–water partition coefficient (Wildman–Crippen LogP) is 4.02. The number of halogens is 6. The van der Waals surface area contributed by atoms with E-state index in [2.05, 4.69) is 0 Å². The van der Waals surface area contributed by atoms with Gasteiger partial charge in [0.05, 0.1) is 35.3 Å². The quantitative estimate of drug-likeness (QED) is 0.223. The molecule has 2 amide bonds. The van der Waals surface area contributed by atoms with Gasteiger partial charge in [-0.15, -0.1) is 0 Å². The van der Waals surface area contributed by atoms with Gasteiger partial charge in [0.1, 0.15) is 11.5 Å². The van der Waals surface area contributed by atoms with Crippen LogP contribution in [-0.4, -0.2) is 121 Å². The normalized spacial score (nSPS) is 23.9. The zero-order chi connectivity index (χ0) is 37.6. The topological polar surface area (TPSA) is 118 Å². The third-order valence-electron chi connectivity index (χ3n) is 9.56. The molecule has 2 aromatic carbocycles. The maximum atomic E-state index is 13.7. The summed E-state index contributed by atoms with van der Waals surface area (Å²) in [6.45, 7) is 2.43. The number of benzene rings is 2. The molecule has 2 fully saturated rings. The van der Waals surface area contributed by atoms with Crippen LogP contribution in [-0.2, 0) is 31.4 Å². The Morgan fingerprint density at radius 3 is 1.35 bits per heavy atom. The Labute approximate surface area is 294 Å². The summed E-state index contributed by atoms with van der Waals surface area (Å²) in [5, 5.41) is 0. The smallest absolute Gasteiger partial charge is 0.420 e. The van der Waals surface area contributed by atoms with Crippen LogP contribution >= 0.6 is 0 Å². The van der Waals surface area contributed by atoms with Gasteiger partial charge in [0.25, 0.3) is 23.4 Å². The van der Waals surface area contributed by atoms with Gasteiger partial charge >= 0.3 is 24.3 Å². The van der Waals surface area contributed by atoms with Crippen LogP contribution in [0.2, 0.25) is 0 Å². The summed E-state index contributed by atoms with van der Waals surface area (Å²) in [6.07, 6.45) is -7.94. The summed E-state index contributed by atoms with van der Waals surface area (Å²) in [6, 6.07) is 4.58. The molecule has 2 aromatic rings. The van der Waals surface area contributed by atoms with Crippen LogP contribution in [0.3, 0.4) is 0 Å². The molecule has 6 rings (SSSR count). The molecular formula is C34H36F6N4O8. The summed E-state index contributed by atoms with van der Waals surface area (Å²) < 4.78 is 105. The largest absolute Gasteiger partial charge is 0.449 e. The van der Waals surface area contributed by atoms with Crippen LogP contribution < -0.4 is 9.47 Å². The lowest BCUT2D eigenvalue weighted by atomic mass is 10.1. The Bertz CT molecular complexity index is 1620. The predicted molar refractivity (Wildman–Crippen MR) is 167 cm³/mol. The number of hydrogen-bond acceptors (Lipinski definition) is 10. The first-order valence-electron chi connectivity index (χ1n) is 16.6. The molecule has 4 heterocycles. The van der Waals surface area contributed by atoms with E-state index in [-0.39, 0.29) is 37.4 Å². The number of likely N-dealkylation sites (tertiary alicyclic amines) is 2. The molecule has 0 bridgehead atoms. The minimum atomic E-state index is -4.77. The van der Waals surface area contributed by atoms with Crippen molar-refractivity contribution < 1.29 is 64.5 Å². The Kier molecular flexibility index (Phi) is 9.84. The van der Waals surface area contributed by atoms with Gasteiger partial charge in [-0.2, -0.15) is 26.3 Å². The minimum absolute atomic E-state index is 0.104. The lowest BCUT2D eigenvalue weighted by Crippen LogP contribution is -2.55. The first kappa shape index (κ1) is 37.2. The molecule has 0 N–H and O–H groups in total. The van der Waals surface area contributed by atoms with Crippen LogP contribution in [0.1, 0.15) is 57.5 Å². The first-order valence-corrected chi connectivity index (χ1v) is 16.6. The highest BCUT2D eigenvalue weighted by molar-refractivity contribution is 6.30. The molecule has 282 valence electrons. The van der Waals surface area contributed by atoms with Crippen LogP contribution in [0.25, 0.3) is 0 Å². The fraction of sp³-hybridized carbons (Fsp3) is 0.529. The van der Waals surface area contributed by atoms with Crippen LogP contribution in [0.5, 0.6) is 11.5 Å². The Morgan fingerprint density at radius 1 is 0.673 bits per heavy atom. The van der Waals surface area contributed by atoms with Crippen LogP contribution in [0.4, 0.5) is 26.3 Å². The molecule has 18 heteroatoms. The van der Waals surface area contributed by atoms with Crippen LogP contribution in [0, 0.1) is 0 Å². The Morgan fingerprint density at radius 2 is 1.04 bits per heavy atom. The van der Waals surface area contributed by atoms with Gasteiger partial charge < -0.3 is 38.5 Å². The summed E-state index contributed by atoms with van der Waals surface area (Å²) >= 11 is 0. The van der Waals surface area contributed by atoms with Gasteiger partial charge in [0.15, 0.2) is 0 Å². The third kappa shape index (κ3) is 7.77. The number of likely N-dealkylation sites (N-methyl/N-ethyl adjacent to an activating group) is 2. The summed E-state index contributed by atoms with van der Waals surface area (Å²) in [7, 11) is 2.56. The highest BCUT2D eigenvalue weighted by Gasteiger charge is 2.49. The lowest BCUT2D eigenvalue weighted by molar-refractivity contribution is -0.228. The molecule has 2 unspecified atom stereocenters. The zero-order valence-corrected chi connectivity index (χ0v) is 28.3. The van der Waals surface area contributed by atoms with Crippen molar-refractivity contribution >= 4 is 23.8 Å². The monoisotopic (exact) mass is 742 g/mol. The molecule has 4 aliphatic heterocycles. The molecular weight excluding hydrogens is 706 g/mol. The molecule has 0 aliphatic carbocycles. The van der Waals surface area contributed by atoms with Crippen molar-refractivity contribution in [3.8, 4) is 11.5 Å². The van der Waals surface area contributed by atoms with E-state index >= 15 is 0 Å². The van der Waals surface area contributed by atoms with Crippen molar-refractivity contribution in [1.82, 2.24) is 19.6 Å². The molecule has 2 atom stereocenters. The van der Waals surface area contributed by atoms with Crippen LogP contribution in [0.15, 0.2) is 36.4 Å². The SMILES string of the molecule is CN1CC(CCN2CCC2)(OC(=O)C(=O)OC2(CCN3CCC3)CN(C)C(=O)c3cc(C(F)(F)F)ccc3O2)Oc2ccc(C(F)(F)F)cc2C1=O. The number of rotatable bonds is 8. The fourth-order valence-corrected chi connectivity index (χ4v) is 6.43. The molecule has 0 spiro atoms. The second-order valence-electron chi connectivity index (χ2n) is 13.4. The van der Waals surface area contributed by atoms with E-state index < -0.39 is 83.0 Å². The zero-order valence-electron chi connectivity index (χ0n) is 28.3. The van der Waals surface area contributed by atoms with Crippen molar-refractivity contribution in [1.29, 1.82) is 0 Å². The summed E-state index contributed by atoms with van der Waals surface area (Å²) in [5.41, 5.74) is -3.06. The average Bonchev–Trinajstić information content (AvgIpc) is 3.18. The number of carbonyl (C=O) groups excluding carboxylic acids is 4. The molecule has 0 saturated carbocycles. The van der Waals surface area contributed by atoms with Gasteiger partial charge in [-0.3, -0.25) is 9.59 Å². The second kappa shape index (κ2) is 13.8. The molecule has 2 saturated heterocycles. The number of carbonyl (C=O) groups is 4. The van der Waals surface area contributed by atoms with E-state index in [9.17, 15) is 45.5 Å². The van der Waals surface area contributed by atoms with Crippen molar-refractivity contribution in [2.45, 2.75) is 49.6 Å². The highest BCUT2D eigenvalue weighted by atomic mass is 19.4. The van der Waals surface area contributed by atoms with Gasteiger partial charge in [-0.25, -0.2) is 9.59 Å². The number of esters is 2. The first-order chi connectivity index (χ1) is 24.4. The van der Waals surface area contributed by atoms with E-state index in [0.717, 1.165) is 34.8 Å². The number of ether oxygens (including phenoxy) is 4. The van der Waals surface area contributed by atoms with Crippen molar-refractivity contribution in [2.75, 3.05) is 66.5 Å². The van der Waals surface area contributed by atoms with Gasteiger partial charge in [-0.05, 0) is 75.4 Å².